The first-order chi connectivity index (χ1) is 12.2. The smallest absolute Gasteiger partial charge is 0.251 e. The number of nitrogens with one attached hydrogen (secondary N) is 3. The molecule has 1 unspecified atom stereocenters. The van der Waals surface area contributed by atoms with Crippen molar-refractivity contribution in [2.24, 2.45) is 0 Å². The summed E-state index contributed by atoms with van der Waals surface area (Å²) < 4.78 is 0. The molecule has 2 atom stereocenters. The summed E-state index contributed by atoms with van der Waals surface area (Å²) in [7, 11) is 0. The normalized spacial score (nSPS) is 17.9. The van der Waals surface area contributed by atoms with Gasteiger partial charge in [-0.05, 0) is 35.7 Å². The highest BCUT2D eigenvalue weighted by Gasteiger charge is 2.24. The predicted octanol–water partition coefficient (Wildman–Crippen LogP) is 1.37. The Hall–Kier alpha value is -2.70. The molecule has 0 saturated carbocycles. The van der Waals surface area contributed by atoms with Crippen LogP contribution in [0.1, 0.15) is 21.5 Å². The van der Waals surface area contributed by atoms with E-state index in [-0.39, 0.29) is 18.5 Å². The van der Waals surface area contributed by atoms with Gasteiger partial charge in [-0.2, -0.15) is 5.10 Å². The summed E-state index contributed by atoms with van der Waals surface area (Å²) in [5.41, 5.74) is 3.97. The van der Waals surface area contributed by atoms with Gasteiger partial charge in [-0.1, -0.05) is 24.3 Å². The van der Waals surface area contributed by atoms with Crippen molar-refractivity contribution in [2.75, 3.05) is 6.54 Å². The van der Waals surface area contributed by atoms with Gasteiger partial charge in [-0.3, -0.25) is 9.89 Å². The molecule has 0 bridgehead atoms. The number of nitrogens with zero attached hydrogens (tertiary/aromatic N) is 1. The van der Waals surface area contributed by atoms with Crippen LogP contribution in [0.4, 0.5) is 0 Å². The minimum absolute atomic E-state index is 0.0634. The van der Waals surface area contributed by atoms with Crippen LogP contribution in [-0.4, -0.2) is 39.9 Å². The molecule has 4 N–H and O–H groups in total. The third kappa shape index (κ3) is 3.26. The summed E-state index contributed by atoms with van der Waals surface area (Å²) in [5, 5.41) is 24.3. The van der Waals surface area contributed by atoms with Crippen LogP contribution in [-0.2, 0) is 13.0 Å². The predicted molar refractivity (Wildman–Crippen MR) is 95.2 cm³/mol. The molecule has 2 aromatic carbocycles. The maximum absolute atomic E-state index is 12.3. The van der Waals surface area contributed by atoms with E-state index in [0.717, 1.165) is 23.9 Å². The Bertz CT molecular complexity index is 905. The van der Waals surface area contributed by atoms with E-state index in [1.54, 1.807) is 18.3 Å². The zero-order valence-corrected chi connectivity index (χ0v) is 13.7. The topological polar surface area (TPSA) is 90.0 Å². The number of amides is 1. The molecule has 6 nitrogen and oxygen atoms in total. The number of hydrogen-bond acceptors (Lipinski definition) is 4. The van der Waals surface area contributed by atoms with Crippen LogP contribution < -0.4 is 10.6 Å². The lowest BCUT2D eigenvalue weighted by atomic mass is 9.93. The van der Waals surface area contributed by atoms with Gasteiger partial charge in [0.05, 0.1) is 17.8 Å². The molecule has 128 valence electrons. The molecule has 4 rings (SSSR count). The molecular formula is C19H20N4O2. The van der Waals surface area contributed by atoms with E-state index in [1.807, 2.05) is 18.2 Å². The Morgan fingerprint density at radius 2 is 2.12 bits per heavy atom. The molecule has 1 aliphatic rings. The Kier molecular flexibility index (Phi) is 4.21. The van der Waals surface area contributed by atoms with Crippen molar-refractivity contribution in [3.8, 4) is 0 Å². The number of aromatic amines is 1. The molecular weight excluding hydrogens is 316 g/mol. The summed E-state index contributed by atoms with van der Waals surface area (Å²) in [5.74, 6) is -0.196. The number of hydrogen-bond donors (Lipinski definition) is 4. The minimum atomic E-state index is -0.644. The van der Waals surface area contributed by atoms with Crippen LogP contribution in [0.25, 0.3) is 10.9 Å². The Morgan fingerprint density at radius 1 is 1.28 bits per heavy atom. The SMILES string of the molecule is O=C(NCC(O)[C@@H]1Cc2ccccc2CN1)c1ccc2[nH]ncc2c1. The maximum atomic E-state index is 12.3. The average Bonchev–Trinajstić information content (AvgIpc) is 3.13. The highest BCUT2D eigenvalue weighted by atomic mass is 16.3. The number of H-pyrrole nitrogens is 1. The minimum Gasteiger partial charge on any atom is -0.390 e. The number of aliphatic hydroxyl groups is 1. The van der Waals surface area contributed by atoms with Gasteiger partial charge in [0.2, 0.25) is 0 Å². The second-order valence-corrected chi connectivity index (χ2v) is 6.41. The molecule has 0 aliphatic carbocycles. The molecule has 1 aromatic heterocycles. The molecule has 0 fully saturated rings. The lowest BCUT2D eigenvalue weighted by Gasteiger charge is -2.30. The van der Waals surface area contributed by atoms with E-state index in [0.29, 0.717) is 5.56 Å². The van der Waals surface area contributed by atoms with Gasteiger partial charge in [0.1, 0.15) is 0 Å². The zero-order valence-electron chi connectivity index (χ0n) is 13.7. The number of rotatable bonds is 4. The summed E-state index contributed by atoms with van der Waals surface area (Å²) >= 11 is 0. The largest absolute Gasteiger partial charge is 0.390 e. The van der Waals surface area contributed by atoms with Gasteiger partial charge in [-0.15, -0.1) is 0 Å². The number of aliphatic hydroxyl groups excluding tert-OH is 1. The lowest BCUT2D eigenvalue weighted by molar-refractivity contribution is 0.0870. The fourth-order valence-corrected chi connectivity index (χ4v) is 3.28. The first-order valence-corrected chi connectivity index (χ1v) is 8.40. The molecule has 25 heavy (non-hydrogen) atoms. The molecule has 2 heterocycles. The first kappa shape index (κ1) is 15.8. The van der Waals surface area contributed by atoms with Crippen molar-refractivity contribution in [3.05, 3.63) is 65.4 Å². The molecule has 1 aliphatic heterocycles. The third-order valence-corrected chi connectivity index (χ3v) is 4.75. The van der Waals surface area contributed by atoms with E-state index in [9.17, 15) is 9.90 Å². The van der Waals surface area contributed by atoms with Crippen molar-refractivity contribution >= 4 is 16.8 Å². The highest BCUT2D eigenvalue weighted by molar-refractivity contribution is 5.97. The monoisotopic (exact) mass is 336 g/mol. The second kappa shape index (κ2) is 6.66. The van der Waals surface area contributed by atoms with Crippen molar-refractivity contribution in [2.45, 2.75) is 25.1 Å². The molecule has 1 amide bonds. The van der Waals surface area contributed by atoms with E-state index in [1.165, 1.54) is 11.1 Å². The van der Waals surface area contributed by atoms with Crippen LogP contribution >= 0.6 is 0 Å². The quantitative estimate of drug-likeness (QED) is 0.579. The van der Waals surface area contributed by atoms with E-state index in [4.69, 9.17) is 0 Å². The molecule has 3 aromatic rings. The van der Waals surface area contributed by atoms with Crippen molar-refractivity contribution in [1.82, 2.24) is 20.8 Å². The molecule has 0 spiro atoms. The van der Waals surface area contributed by atoms with Gasteiger partial charge in [-0.25, -0.2) is 0 Å². The Morgan fingerprint density at radius 3 is 3.00 bits per heavy atom. The van der Waals surface area contributed by atoms with Gasteiger partial charge in [0, 0.05) is 30.1 Å². The fourth-order valence-electron chi connectivity index (χ4n) is 3.28. The second-order valence-electron chi connectivity index (χ2n) is 6.41. The maximum Gasteiger partial charge on any atom is 0.251 e. The summed E-state index contributed by atoms with van der Waals surface area (Å²) in [6.45, 7) is 0.949. The van der Waals surface area contributed by atoms with Gasteiger partial charge in [0.15, 0.2) is 0 Å². The summed E-state index contributed by atoms with van der Waals surface area (Å²) in [6.07, 6.45) is 1.80. The highest BCUT2D eigenvalue weighted by Crippen LogP contribution is 2.18. The van der Waals surface area contributed by atoms with Crippen LogP contribution in [0.15, 0.2) is 48.7 Å². The number of carbonyl (C=O) groups excluding carboxylic acids is 1. The average molecular weight is 336 g/mol. The van der Waals surface area contributed by atoms with Crippen LogP contribution in [0, 0.1) is 0 Å². The first-order valence-electron chi connectivity index (χ1n) is 8.40. The summed E-state index contributed by atoms with van der Waals surface area (Å²) in [4.78, 5) is 12.3. The van der Waals surface area contributed by atoms with Crippen molar-refractivity contribution < 1.29 is 9.90 Å². The van der Waals surface area contributed by atoms with Crippen LogP contribution in [0.3, 0.4) is 0 Å². The van der Waals surface area contributed by atoms with E-state index in [2.05, 4.69) is 33.0 Å². The van der Waals surface area contributed by atoms with Crippen molar-refractivity contribution in [3.63, 3.8) is 0 Å². The molecule has 0 saturated heterocycles. The molecule has 6 heteroatoms. The number of benzene rings is 2. The number of aromatic nitrogens is 2. The standard InChI is InChI=1S/C19H20N4O2/c24-18(17-8-12-3-1-2-4-14(12)9-20-17)11-21-19(25)13-5-6-16-15(7-13)10-22-23-16/h1-7,10,17-18,20,24H,8-9,11H2,(H,21,25)(H,22,23)/t17-,18?/m0/s1. The Balaban J connectivity index is 1.37. The van der Waals surface area contributed by atoms with E-state index < -0.39 is 6.10 Å². The van der Waals surface area contributed by atoms with Gasteiger partial charge >= 0.3 is 0 Å². The number of fused-ring (bicyclic) bond motifs is 2. The van der Waals surface area contributed by atoms with Gasteiger partial charge < -0.3 is 15.7 Å². The number of carbonyl (C=O) groups is 1. The lowest BCUT2D eigenvalue weighted by Crippen LogP contribution is -2.49. The fraction of sp³-hybridized carbons (Fsp3) is 0.263. The summed E-state index contributed by atoms with van der Waals surface area (Å²) in [6, 6.07) is 13.5. The Labute approximate surface area is 145 Å². The van der Waals surface area contributed by atoms with E-state index >= 15 is 0 Å². The zero-order chi connectivity index (χ0) is 17.2. The van der Waals surface area contributed by atoms with Crippen LogP contribution in [0.5, 0.6) is 0 Å². The molecule has 0 radical (unpaired) electrons. The van der Waals surface area contributed by atoms with Crippen LogP contribution in [0.2, 0.25) is 0 Å². The van der Waals surface area contributed by atoms with Gasteiger partial charge in [0.25, 0.3) is 5.91 Å². The van der Waals surface area contributed by atoms with Crippen molar-refractivity contribution in [1.29, 1.82) is 0 Å². The third-order valence-electron chi connectivity index (χ3n) is 4.75.